The number of hydrogen-bond donors (Lipinski definition) is 1. The molecule has 0 spiro atoms. The van der Waals surface area contributed by atoms with Crippen LogP contribution in [0.25, 0.3) is 44.1 Å². The van der Waals surface area contributed by atoms with Gasteiger partial charge in [-0.3, -0.25) is 10.1 Å². The lowest BCUT2D eigenvalue weighted by Crippen LogP contribution is -2.12. The summed E-state index contributed by atoms with van der Waals surface area (Å²) < 4.78 is 2.27. The van der Waals surface area contributed by atoms with E-state index in [1.165, 1.54) is 55.2 Å². The van der Waals surface area contributed by atoms with Crippen molar-refractivity contribution in [3.8, 4) is 22.3 Å². The summed E-state index contributed by atoms with van der Waals surface area (Å²) in [7, 11) is 0. The van der Waals surface area contributed by atoms with Crippen molar-refractivity contribution in [1.29, 1.82) is 0 Å². The smallest absolute Gasteiger partial charge is 0.0710 e. The maximum Gasteiger partial charge on any atom is 0.0710 e. The first kappa shape index (κ1) is 26.0. The van der Waals surface area contributed by atoms with Crippen molar-refractivity contribution >= 4 is 27.5 Å². The monoisotopic (exact) mass is 522 g/mol. The standard InChI is InChI=1S/C38H38N2/c1-37(2,3)27-20-22-35-32(24-27)33-25-28(38(4,5)6)21-23-36(33)40(35)39-34-19-13-12-18-31(34)30-17-11-10-16-29(30)26-14-8-7-9-15-26/h7-25,39H,1-6H3. The van der Waals surface area contributed by atoms with Crippen LogP contribution in [0.4, 0.5) is 5.69 Å². The number of aromatic nitrogens is 1. The Balaban J connectivity index is 1.55. The Hall–Kier alpha value is -4.30. The summed E-state index contributed by atoms with van der Waals surface area (Å²) in [4.78, 5) is 0. The molecule has 0 aliphatic heterocycles. The zero-order valence-electron chi connectivity index (χ0n) is 24.4. The molecule has 1 heterocycles. The third-order valence-electron chi connectivity index (χ3n) is 7.96. The molecule has 0 atom stereocenters. The van der Waals surface area contributed by atoms with Gasteiger partial charge in [0.05, 0.1) is 16.7 Å². The minimum absolute atomic E-state index is 0.0748. The van der Waals surface area contributed by atoms with Gasteiger partial charge in [0.25, 0.3) is 0 Å². The van der Waals surface area contributed by atoms with Crippen molar-refractivity contribution in [1.82, 2.24) is 4.68 Å². The summed E-state index contributed by atoms with van der Waals surface area (Å²) >= 11 is 0. The number of fused-ring (bicyclic) bond motifs is 3. The maximum absolute atomic E-state index is 3.85. The number of hydrogen-bond acceptors (Lipinski definition) is 1. The van der Waals surface area contributed by atoms with E-state index in [1.807, 2.05) is 0 Å². The number of benzene rings is 5. The van der Waals surface area contributed by atoms with Crippen LogP contribution in [-0.2, 0) is 10.8 Å². The van der Waals surface area contributed by atoms with Crippen molar-refractivity contribution in [2.75, 3.05) is 5.43 Å². The van der Waals surface area contributed by atoms with Gasteiger partial charge in [-0.15, -0.1) is 0 Å². The van der Waals surface area contributed by atoms with Gasteiger partial charge in [-0.25, -0.2) is 0 Å². The molecule has 0 bridgehead atoms. The molecule has 0 saturated carbocycles. The Labute approximate surface area is 238 Å². The van der Waals surface area contributed by atoms with Crippen LogP contribution >= 0.6 is 0 Å². The van der Waals surface area contributed by atoms with E-state index in [4.69, 9.17) is 0 Å². The minimum atomic E-state index is 0.0748. The summed E-state index contributed by atoms with van der Waals surface area (Å²) in [6, 6.07) is 41.8. The van der Waals surface area contributed by atoms with Crippen LogP contribution in [0, 0.1) is 0 Å². The van der Waals surface area contributed by atoms with Gasteiger partial charge in [-0.05, 0) is 69.0 Å². The molecular formula is C38H38N2. The van der Waals surface area contributed by atoms with Crippen molar-refractivity contribution in [2.24, 2.45) is 0 Å². The first-order valence-electron chi connectivity index (χ1n) is 14.2. The van der Waals surface area contributed by atoms with Gasteiger partial charge in [0.1, 0.15) is 0 Å². The normalized spacial score (nSPS) is 12.2. The van der Waals surface area contributed by atoms with Crippen LogP contribution in [0.5, 0.6) is 0 Å². The van der Waals surface area contributed by atoms with E-state index in [1.54, 1.807) is 0 Å². The van der Waals surface area contributed by atoms with Crippen LogP contribution < -0.4 is 5.43 Å². The topological polar surface area (TPSA) is 17.0 Å². The average molecular weight is 523 g/mol. The zero-order chi connectivity index (χ0) is 28.1. The third kappa shape index (κ3) is 4.69. The molecule has 1 aromatic heterocycles. The summed E-state index contributed by atoms with van der Waals surface area (Å²) in [5.41, 5.74) is 15.0. The van der Waals surface area contributed by atoms with Gasteiger partial charge in [-0.1, -0.05) is 126 Å². The fourth-order valence-corrected chi connectivity index (χ4v) is 5.60. The number of nitrogens with zero attached hydrogens (tertiary/aromatic N) is 1. The SMILES string of the molecule is CC(C)(C)c1ccc2c(c1)c1cc(C(C)(C)C)ccc1n2Nc1ccccc1-c1ccccc1-c1ccccc1. The van der Waals surface area contributed by atoms with E-state index < -0.39 is 0 Å². The summed E-state index contributed by atoms with van der Waals surface area (Å²) in [6.45, 7) is 13.7. The highest BCUT2D eigenvalue weighted by Gasteiger charge is 2.21. The van der Waals surface area contributed by atoms with E-state index in [0.29, 0.717) is 0 Å². The van der Waals surface area contributed by atoms with Crippen molar-refractivity contribution in [3.63, 3.8) is 0 Å². The molecule has 5 aromatic carbocycles. The molecule has 40 heavy (non-hydrogen) atoms. The van der Waals surface area contributed by atoms with Crippen molar-refractivity contribution < 1.29 is 0 Å². The van der Waals surface area contributed by atoms with Crippen LogP contribution in [0.3, 0.4) is 0 Å². The van der Waals surface area contributed by atoms with Crippen LogP contribution in [0.2, 0.25) is 0 Å². The summed E-state index contributed by atoms with van der Waals surface area (Å²) in [5, 5.41) is 2.56. The minimum Gasteiger partial charge on any atom is -0.293 e. The second-order valence-corrected chi connectivity index (χ2v) is 12.9. The third-order valence-corrected chi connectivity index (χ3v) is 7.96. The first-order chi connectivity index (χ1) is 19.1. The zero-order valence-corrected chi connectivity index (χ0v) is 24.4. The number of para-hydroxylation sites is 1. The highest BCUT2D eigenvalue weighted by Crippen LogP contribution is 2.39. The van der Waals surface area contributed by atoms with Gasteiger partial charge in [0.15, 0.2) is 0 Å². The highest BCUT2D eigenvalue weighted by molar-refractivity contribution is 6.09. The average Bonchev–Trinajstić information content (AvgIpc) is 3.25. The van der Waals surface area contributed by atoms with E-state index in [-0.39, 0.29) is 10.8 Å². The molecule has 6 rings (SSSR count). The summed E-state index contributed by atoms with van der Waals surface area (Å²) in [6.07, 6.45) is 0. The molecule has 0 aliphatic rings. The Morgan fingerprint density at radius 3 is 1.50 bits per heavy atom. The number of rotatable bonds is 4. The quantitative estimate of drug-likeness (QED) is 0.244. The Kier molecular flexibility index (Phi) is 6.30. The van der Waals surface area contributed by atoms with E-state index in [2.05, 4.69) is 167 Å². The summed E-state index contributed by atoms with van der Waals surface area (Å²) in [5.74, 6) is 0. The number of anilines is 1. The lowest BCUT2D eigenvalue weighted by atomic mass is 9.85. The van der Waals surface area contributed by atoms with E-state index in [0.717, 1.165) is 5.69 Å². The highest BCUT2D eigenvalue weighted by atomic mass is 15.4. The largest absolute Gasteiger partial charge is 0.293 e. The second-order valence-electron chi connectivity index (χ2n) is 12.9. The van der Waals surface area contributed by atoms with Crippen LogP contribution in [0.15, 0.2) is 115 Å². The molecule has 1 N–H and O–H groups in total. The molecule has 0 amide bonds. The first-order valence-corrected chi connectivity index (χ1v) is 14.2. The van der Waals surface area contributed by atoms with Crippen LogP contribution in [0.1, 0.15) is 52.7 Å². The van der Waals surface area contributed by atoms with Crippen molar-refractivity contribution in [3.05, 3.63) is 126 Å². The molecule has 200 valence electrons. The van der Waals surface area contributed by atoms with E-state index >= 15 is 0 Å². The van der Waals surface area contributed by atoms with E-state index in [9.17, 15) is 0 Å². The molecule has 6 aromatic rings. The lowest BCUT2D eigenvalue weighted by molar-refractivity contribution is 0.590. The molecule has 0 radical (unpaired) electrons. The Bertz CT molecular complexity index is 1750. The number of nitrogens with one attached hydrogen (secondary N) is 1. The van der Waals surface area contributed by atoms with Gasteiger partial charge in [0.2, 0.25) is 0 Å². The molecule has 0 aliphatic carbocycles. The van der Waals surface area contributed by atoms with Gasteiger partial charge < -0.3 is 0 Å². The molecule has 0 unspecified atom stereocenters. The molecule has 0 saturated heterocycles. The Morgan fingerprint density at radius 1 is 0.475 bits per heavy atom. The molecule has 2 heteroatoms. The second kappa shape index (κ2) is 9.71. The lowest BCUT2D eigenvalue weighted by Gasteiger charge is -2.20. The van der Waals surface area contributed by atoms with Crippen LogP contribution in [-0.4, -0.2) is 4.68 Å². The fourth-order valence-electron chi connectivity index (χ4n) is 5.60. The molecule has 0 fully saturated rings. The predicted molar refractivity (Wildman–Crippen MR) is 173 cm³/mol. The van der Waals surface area contributed by atoms with Crippen molar-refractivity contribution in [2.45, 2.75) is 52.4 Å². The molecule has 2 nitrogen and oxygen atoms in total. The Morgan fingerprint density at radius 2 is 0.950 bits per heavy atom. The van der Waals surface area contributed by atoms with Gasteiger partial charge in [-0.2, -0.15) is 0 Å². The predicted octanol–water partition coefficient (Wildman–Crippen LogP) is 10.6. The van der Waals surface area contributed by atoms with Gasteiger partial charge in [0, 0.05) is 16.3 Å². The fraction of sp³-hybridized carbons (Fsp3) is 0.211. The molecular weight excluding hydrogens is 484 g/mol. The van der Waals surface area contributed by atoms with Gasteiger partial charge >= 0.3 is 0 Å². The maximum atomic E-state index is 3.85.